The van der Waals surface area contributed by atoms with Gasteiger partial charge in [-0.05, 0) is 31.0 Å². The smallest absolute Gasteiger partial charge is 0.251 e. The van der Waals surface area contributed by atoms with Crippen LogP contribution in [0.25, 0.3) is 0 Å². The number of hydrogen-bond donors (Lipinski definition) is 2. The highest BCUT2D eigenvalue weighted by Gasteiger charge is 2.49. The summed E-state index contributed by atoms with van der Waals surface area (Å²) < 4.78 is 5.39. The summed E-state index contributed by atoms with van der Waals surface area (Å²) in [6.07, 6.45) is 1.07. The van der Waals surface area contributed by atoms with E-state index in [4.69, 9.17) is 10.5 Å². The first-order chi connectivity index (χ1) is 8.86. The van der Waals surface area contributed by atoms with Crippen molar-refractivity contribution in [3.63, 3.8) is 0 Å². The predicted molar refractivity (Wildman–Crippen MR) is 83.3 cm³/mol. The standard InChI is InChI=1S/C15H22N2O2.ClH/c1-9-5-6-10(16)7-11(9)14(18)17-12-8-13(19-4)15(12,2)3;/h5-7,12-13H,8,16H2,1-4H3,(H,17,18);1H. The molecule has 1 aliphatic rings. The minimum absolute atomic E-state index is 0. The van der Waals surface area contributed by atoms with Gasteiger partial charge in [-0.1, -0.05) is 19.9 Å². The molecule has 4 nitrogen and oxygen atoms in total. The number of anilines is 1. The highest BCUT2D eigenvalue weighted by molar-refractivity contribution is 5.96. The van der Waals surface area contributed by atoms with Gasteiger partial charge < -0.3 is 15.8 Å². The van der Waals surface area contributed by atoms with Crippen LogP contribution in [0.4, 0.5) is 5.69 Å². The largest absolute Gasteiger partial charge is 0.399 e. The van der Waals surface area contributed by atoms with Crippen molar-refractivity contribution in [3.8, 4) is 0 Å². The van der Waals surface area contributed by atoms with E-state index in [2.05, 4.69) is 19.2 Å². The van der Waals surface area contributed by atoms with Crippen molar-refractivity contribution in [2.45, 2.75) is 39.3 Å². The summed E-state index contributed by atoms with van der Waals surface area (Å²) in [5.74, 6) is -0.0579. The molecule has 2 atom stereocenters. The maximum atomic E-state index is 12.3. The number of carbonyl (C=O) groups is 1. The van der Waals surface area contributed by atoms with Crippen LogP contribution in [0.5, 0.6) is 0 Å². The van der Waals surface area contributed by atoms with Crippen LogP contribution >= 0.6 is 12.4 Å². The molecule has 2 unspecified atom stereocenters. The van der Waals surface area contributed by atoms with Gasteiger partial charge in [0.1, 0.15) is 0 Å². The van der Waals surface area contributed by atoms with Crippen LogP contribution in [0, 0.1) is 12.3 Å². The Morgan fingerprint density at radius 2 is 2.10 bits per heavy atom. The van der Waals surface area contributed by atoms with E-state index in [0.29, 0.717) is 11.3 Å². The first-order valence-corrected chi connectivity index (χ1v) is 6.56. The lowest BCUT2D eigenvalue weighted by atomic mass is 9.64. The fourth-order valence-corrected chi connectivity index (χ4v) is 2.65. The molecule has 2 rings (SSSR count). The minimum Gasteiger partial charge on any atom is -0.399 e. The lowest BCUT2D eigenvalue weighted by Crippen LogP contribution is -2.61. The monoisotopic (exact) mass is 298 g/mol. The summed E-state index contributed by atoms with van der Waals surface area (Å²) in [6.45, 7) is 6.14. The van der Waals surface area contributed by atoms with Crippen LogP contribution in [0.2, 0.25) is 0 Å². The Morgan fingerprint density at radius 1 is 1.45 bits per heavy atom. The molecule has 1 saturated carbocycles. The number of hydrogen-bond acceptors (Lipinski definition) is 3. The molecule has 0 radical (unpaired) electrons. The molecule has 0 saturated heterocycles. The second-order valence-corrected chi connectivity index (χ2v) is 5.88. The summed E-state index contributed by atoms with van der Waals surface area (Å²) in [4.78, 5) is 12.3. The minimum atomic E-state index is -0.0579. The zero-order valence-corrected chi connectivity index (χ0v) is 13.2. The maximum Gasteiger partial charge on any atom is 0.251 e. The van der Waals surface area contributed by atoms with Crippen LogP contribution in [0.1, 0.15) is 36.2 Å². The van der Waals surface area contributed by atoms with Gasteiger partial charge in [-0.15, -0.1) is 12.4 Å². The van der Waals surface area contributed by atoms with Gasteiger partial charge >= 0.3 is 0 Å². The van der Waals surface area contributed by atoms with Gasteiger partial charge in [-0.25, -0.2) is 0 Å². The Morgan fingerprint density at radius 3 is 2.65 bits per heavy atom. The van der Waals surface area contributed by atoms with E-state index in [1.54, 1.807) is 19.2 Å². The molecule has 1 amide bonds. The van der Waals surface area contributed by atoms with E-state index in [1.165, 1.54) is 0 Å². The molecule has 0 heterocycles. The Kier molecular flexibility index (Phi) is 5.05. The van der Waals surface area contributed by atoms with Gasteiger partial charge in [0.05, 0.1) is 6.10 Å². The number of rotatable bonds is 3. The summed E-state index contributed by atoms with van der Waals surface area (Å²) in [5, 5.41) is 3.08. The molecule has 20 heavy (non-hydrogen) atoms. The van der Waals surface area contributed by atoms with Gasteiger partial charge in [-0.2, -0.15) is 0 Å². The molecular weight excluding hydrogens is 276 g/mol. The predicted octanol–water partition coefficient (Wildman–Crippen LogP) is 2.54. The SMILES string of the molecule is COC1CC(NC(=O)c2cc(N)ccc2C)C1(C)C.Cl. The summed E-state index contributed by atoms with van der Waals surface area (Å²) in [6, 6.07) is 5.55. The molecule has 0 aliphatic heterocycles. The van der Waals surface area contributed by atoms with Crippen molar-refractivity contribution >= 4 is 24.0 Å². The average molecular weight is 299 g/mol. The molecule has 3 N–H and O–H groups in total. The van der Waals surface area contributed by atoms with Crippen LogP contribution in [0.3, 0.4) is 0 Å². The molecule has 0 aromatic heterocycles. The molecule has 0 spiro atoms. The summed E-state index contributed by atoms with van der Waals surface area (Å²) in [5.41, 5.74) is 7.91. The molecule has 1 fully saturated rings. The second-order valence-electron chi connectivity index (χ2n) is 5.88. The van der Waals surface area contributed by atoms with Crippen LogP contribution in [-0.2, 0) is 4.74 Å². The van der Waals surface area contributed by atoms with Crippen molar-refractivity contribution in [1.82, 2.24) is 5.32 Å². The number of methoxy groups -OCH3 is 1. The number of halogens is 1. The fourth-order valence-electron chi connectivity index (χ4n) is 2.65. The van der Waals surface area contributed by atoms with E-state index >= 15 is 0 Å². The van der Waals surface area contributed by atoms with E-state index in [-0.39, 0.29) is 35.9 Å². The number of benzene rings is 1. The Bertz CT molecular complexity index is 503. The normalized spacial score (nSPS) is 23.4. The third-order valence-electron chi connectivity index (χ3n) is 4.27. The quantitative estimate of drug-likeness (QED) is 0.843. The first kappa shape index (κ1) is 16.8. The zero-order chi connectivity index (χ0) is 14.2. The zero-order valence-electron chi connectivity index (χ0n) is 12.4. The molecule has 1 aliphatic carbocycles. The average Bonchev–Trinajstić information content (AvgIpc) is 2.36. The van der Waals surface area contributed by atoms with Gasteiger partial charge in [0, 0.05) is 29.8 Å². The number of carbonyl (C=O) groups excluding carboxylic acids is 1. The molecular formula is C15H23ClN2O2. The van der Waals surface area contributed by atoms with Crippen molar-refractivity contribution in [1.29, 1.82) is 0 Å². The van der Waals surface area contributed by atoms with Crippen molar-refractivity contribution in [2.75, 3.05) is 12.8 Å². The van der Waals surface area contributed by atoms with E-state index < -0.39 is 0 Å². The molecule has 1 aromatic carbocycles. The highest BCUT2D eigenvalue weighted by Crippen LogP contribution is 2.42. The summed E-state index contributed by atoms with van der Waals surface area (Å²) in [7, 11) is 1.71. The Labute approximate surface area is 126 Å². The van der Waals surface area contributed by atoms with E-state index in [1.807, 2.05) is 13.0 Å². The fraction of sp³-hybridized carbons (Fsp3) is 0.533. The lowest BCUT2D eigenvalue weighted by Gasteiger charge is -2.51. The van der Waals surface area contributed by atoms with Gasteiger partial charge in [0.15, 0.2) is 0 Å². The highest BCUT2D eigenvalue weighted by atomic mass is 35.5. The Hall–Kier alpha value is -1.26. The van der Waals surface area contributed by atoms with Crippen molar-refractivity contribution in [3.05, 3.63) is 29.3 Å². The third kappa shape index (κ3) is 2.91. The number of nitrogen functional groups attached to an aromatic ring is 1. The summed E-state index contributed by atoms with van der Waals surface area (Å²) >= 11 is 0. The third-order valence-corrected chi connectivity index (χ3v) is 4.27. The van der Waals surface area contributed by atoms with Crippen molar-refractivity contribution < 1.29 is 9.53 Å². The van der Waals surface area contributed by atoms with Crippen LogP contribution in [-0.4, -0.2) is 25.2 Å². The Balaban J connectivity index is 0.00000200. The van der Waals surface area contributed by atoms with Gasteiger partial charge in [0.25, 0.3) is 5.91 Å². The van der Waals surface area contributed by atoms with Crippen LogP contribution in [0.15, 0.2) is 18.2 Å². The maximum absolute atomic E-state index is 12.3. The van der Waals surface area contributed by atoms with Crippen molar-refractivity contribution in [2.24, 2.45) is 5.41 Å². The molecule has 0 bridgehead atoms. The number of nitrogens with two attached hydrogens (primary N) is 1. The van der Waals surface area contributed by atoms with Gasteiger partial charge in [0.2, 0.25) is 0 Å². The van der Waals surface area contributed by atoms with Gasteiger partial charge in [-0.3, -0.25) is 4.79 Å². The number of amides is 1. The topological polar surface area (TPSA) is 64.3 Å². The van der Waals surface area contributed by atoms with E-state index in [9.17, 15) is 4.79 Å². The number of nitrogens with one attached hydrogen (secondary N) is 1. The molecule has 5 heteroatoms. The second kappa shape index (κ2) is 6.02. The first-order valence-electron chi connectivity index (χ1n) is 6.56. The lowest BCUT2D eigenvalue weighted by molar-refractivity contribution is -0.0942. The van der Waals surface area contributed by atoms with E-state index in [0.717, 1.165) is 12.0 Å². The number of aryl methyl sites for hydroxylation is 1. The number of ether oxygens (including phenoxy) is 1. The van der Waals surface area contributed by atoms with Crippen LogP contribution < -0.4 is 11.1 Å². The molecule has 1 aromatic rings. The molecule has 112 valence electrons.